The van der Waals surface area contributed by atoms with Gasteiger partial charge in [-0.15, -0.1) is 0 Å². The predicted molar refractivity (Wildman–Crippen MR) is 72.5 cm³/mol. The second-order valence-electron chi connectivity index (χ2n) is 5.65. The highest BCUT2D eigenvalue weighted by atomic mass is 35.5. The SMILES string of the molecule is CC1(C)CC1c1onc(N)c1-c1c(F)cccc1Cl. The van der Waals surface area contributed by atoms with E-state index >= 15 is 0 Å². The van der Waals surface area contributed by atoms with Gasteiger partial charge in [0.2, 0.25) is 0 Å². The summed E-state index contributed by atoms with van der Waals surface area (Å²) in [4.78, 5) is 0. The van der Waals surface area contributed by atoms with E-state index in [0.29, 0.717) is 16.3 Å². The number of anilines is 1. The molecule has 0 bridgehead atoms. The van der Waals surface area contributed by atoms with Gasteiger partial charge in [-0.3, -0.25) is 0 Å². The summed E-state index contributed by atoms with van der Waals surface area (Å²) >= 11 is 6.10. The number of hydrogen-bond acceptors (Lipinski definition) is 3. The van der Waals surface area contributed by atoms with E-state index in [1.54, 1.807) is 12.1 Å². The number of halogens is 2. The Hall–Kier alpha value is -1.55. The van der Waals surface area contributed by atoms with Gasteiger partial charge in [-0.25, -0.2) is 4.39 Å². The molecule has 1 aliphatic carbocycles. The van der Waals surface area contributed by atoms with Crippen LogP contribution in [0.25, 0.3) is 11.1 Å². The van der Waals surface area contributed by atoms with Crippen LogP contribution in [-0.4, -0.2) is 5.16 Å². The van der Waals surface area contributed by atoms with Gasteiger partial charge < -0.3 is 10.3 Å². The number of aromatic nitrogens is 1. The molecule has 1 atom stereocenters. The highest BCUT2D eigenvalue weighted by Crippen LogP contribution is 2.61. The highest BCUT2D eigenvalue weighted by Gasteiger charge is 2.50. The smallest absolute Gasteiger partial charge is 0.175 e. The first kappa shape index (κ1) is 12.5. The normalized spacial score (nSPS) is 20.5. The molecule has 2 N–H and O–H groups in total. The summed E-state index contributed by atoms with van der Waals surface area (Å²) in [7, 11) is 0. The van der Waals surface area contributed by atoms with Crippen molar-refractivity contribution in [2.45, 2.75) is 26.2 Å². The van der Waals surface area contributed by atoms with E-state index in [9.17, 15) is 4.39 Å². The molecule has 1 aromatic heterocycles. The van der Waals surface area contributed by atoms with Crippen LogP contribution in [0.1, 0.15) is 31.9 Å². The second kappa shape index (κ2) is 3.97. The minimum absolute atomic E-state index is 0.137. The van der Waals surface area contributed by atoms with Crippen molar-refractivity contribution in [1.82, 2.24) is 5.16 Å². The first-order chi connectivity index (χ1) is 8.92. The first-order valence-electron chi connectivity index (χ1n) is 6.11. The van der Waals surface area contributed by atoms with E-state index < -0.39 is 5.82 Å². The quantitative estimate of drug-likeness (QED) is 0.895. The Balaban J connectivity index is 2.18. The standard InChI is InChI=1S/C14H14ClFN2O/c1-14(2)6-7(14)12-11(13(17)18-19-12)10-8(15)4-3-5-9(10)16/h3-5,7H,6H2,1-2H3,(H2,17,18). The minimum Gasteiger partial charge on any atom is -0.380 e. The van der Waals surface area contributed by atoms with E-state index in [4.69, 9.17) is 21.9 Å². The Morgan fingerprint density at radius 3 is 2.68 bits per heavy atom. The van der Waals surface area contributed by atoms with Gasteiger partial charge in [-0.05, 0) is 24.0 Å². The van der Waals surface area contributed by atoms with Gasteiger partial charge in [-0.1, -0.05) is 36.7 Å². The molecule has 2 aromatic rings. The maximum absolute atomic E-state index is 14.0. The maximum atomic E-state index is 14.0. The minimum atomic E-state index is -0.415. The molecule has 19 heavy (non-hydrogen) atoms. The zero-order valence-corrected chi connectivity index (χ0v) is 11.5. The van der Waals surface area contributed by atoms with E-state index in [1.165, 1.54) is 6.07 Å². The number of benzene rings is 1. The van der Waals surface area contributed by atoms with Crippen LogP contribution in [0.3, 0.4) is 0 Å². The van der Waals surface area contributed by atoms with Crippen LogP contribution < -0.4 is 5.73 Å². The monoisotopic (exact) mass is 280 g/mol. The fraction of sp³-hybridized carbons (Fsp3) is 0.357. The lowest BCUT2D eigenvalue weighted by atomic mass is 10.00. The Kier molecular flexibility index (Phi) is 2.61. The summed E-state index contributed by atoms with van der Waals surface area (Å²) in [6, 6.07) is 4.55. The third kappa shape index (κ3) is 1.91. The Bertz CT molecular complexity index is 631. The van der Waals surface area contributed by atoms with Gasteiger partial charge in [0, 0.05) is 11.5 Å². The van der Waals surface area contributed by atoms with E-state index in [0.717, 1.165) is 6.42 Å². The summed E-state index contributed by atoms with van der Waals surface area (Å²) in [5.74, 6) is 0.615. The fourth-order valence-electron chi connectivity index (χ4n) is 2.46. The lowest BCUT2D eigenvalue weighted by Crippen LogP contribution is -1.95. The van der Waals surface area contributed by atoms with Crippen molar-refractivity contribution in [1.29, 1.82) is 0 Å². The summed E-state index contributed by atoms with van der Waals surface area (Å²) in [6.07, 6.45) is 0.973. The molecular formula is C14H14ClFN2O. The van der Waals surface area contributed by atoms with Gasteiger partial charge in [0.1, 0.15) is 5.82 Å². The molecule has 5 heteroatoms. The molecular weight excluding hydrogens is 267 g/mol. The lowest BCUT2D eigenvalue weighted by molar-refractivity contribution is 0.376. The summed E-state index contributed by atoms with van der Waals surface area (Å²) in [6.45, 7) is 4.26. The average Bonchev–Trinajstić information content (AvgIpc) is 2.78. The van der Waals surface area contributed by atoms with Crippen molar-refractivity contribution < 1.29 is 8.91 Å². The molecule has 0 amide bonds. The summed E-state index contributed by atoms with van der Waals surface area (Å²) < 4.78 is 19.4. The molecule has 100 valence electrons. The van der Waals surface area contributed by atoms with Crippen molar-refractivity contribution in [2.75, 3.05) is 5.73 Å². The van der Waals surface area contributed by atoms with Crippen LogP contribution >= 0.6 is 11.6 Å². The van der Waals surface area contributed by atoms with Gasteiger partial charge in [0.25, 0.3) is 0 Å². The molecule has 0 saturated heterocycles. The molecule has 1 unspecified atom stereocenters. The molecule has 1 fully saturated rings. The third-order valence-electron chi connectivity index (χ3n) is 3.79. The zero-order valence-electron chi connectivity index (χ0n) is 10.7. The second-order valence-corrected chi connectivity index (χ2v) is 6.06. The molecule has 1 heterocycles. The van der Waals surface area contributed by atoms with Crippen molar-refractivity contribution in [3.8, 4) is 11.1 Å². The molecule has 1 aromatic carbocycles. The molecule has 1 saturated carbocycles. The predicted octanol–water partition coefficient (Wildman–Crippen LogP) is 4.23. The van der Waals surface area contributed by atoms with Gasteiger partial charge in [0.05, 0.1) is 10.6 Å². The van der Waals surface area contributed by atoms with Crippen LogP contribution in [0.4, 0.5) is 10.2 Å². The van der Waals surface area contributed by atoms with Crippen molar-refractivity contribution in [2.24, 2.45) is 5.41 Å². The van der Waals surface area contributed by atoms with Crippen LogP contribution in [0.2, 0.25) is 5.02 Å². The topological polar surface area (TPSA) is 52.0 Å². The maximum Gasteiger partial charge on any atom is 0.175 e. The lowest BCUT2D eigenvalue weighted by Gasteiger charge is -2.07. The van der Waals surface area contributed by atoms with Gasteiger partial charge in [-0.2, -0.15) is 0 Å². The Morgan fingerprint density at radius 1 is 1.42 bits per heavy atom. The number of nitrogens with zero attached hydrogens (tertiary/aromatic N) is 1. The van der Waals surface area contributed by atoms with Crippen molar-refractivity contribution in [3.63, 3.8) is 0 Å². The molecule has 0 aliphatic heterocycles. The fourth-order valence-corrected chi connectivity index (χ4v) is 2.71. The van der Waals surface area contributed by atoms with Gasteiger partial charge in [0.15, 0.2) is 11.6 Å². The third-order valence-corrected chi connectivity index (χ3v) is 4.10. The van der Waals surface area contributed by atoms with Crippen molar-refractivity contribution in [3.05, 3.63) is 34.8 Å². The van der Waals surface area contributed by atoms with Crippen LogP contribution in [0.5, 0.6) is 0 Å². The number of rotatable bonds is 2. The Labute approximate surface area is 115 Å². The van der Waals surface area contributed by atoms with E-state index in [1.807, 2.05) is 0 Å². The summed E-state index contributed by atoms with van der Waals surface area (Å²) in [5.41, 5.74) is 6.75. The summed E-state index contributed by atoms with van der Waals surface area (Å²) in [5, 5.41) is 4.09. The Morgan fingerprint density at radius 2 is 2.11 bits per heavy atom. The van der Waals surface area contributed by atoms with Crippen molar-refractivity contribution >= 4 is 17.4 Å². The number of nitrogens with two attached hydrogens (primary N) is 1. The van der Waals surface area contributed by atoms with E-state index in [2.05, 4.69) is 19.0 Å². The molecule has 3 nitrogen and oxygen atoms in total. The van der Waals surface area contributed by atoms with E-state index in [-0.39, 0.29) is 22.7 Å². The number of hydrogen-bond donors (Lipinski definition) is 1. The molecule has 3 rings (SSSR count). The van der Waals surface area contributed by atoms with Gasteiger partial charge >= 0.3 is 0 Å². The molecule has 0 spiro atoms. The number of nitrogen functional groups attached to an aromatic ring is 1. The zero-order chi connectivity index (χ0) is 13.8. The molecule has 1 aliphatic rings. The van der Waals surface area contributed by atoms with Crippen LogP contribution in [0.15, 0.2) is 22.7 Å². The first-order valence-corrected chi connectivity index (χ1v) is 6.49. The largest absolute Gasteiger partial charge is 0.380 e. The molecule has 0 radical (unpaired) electrons. The van der Waals surface area contributed by atoms with Crippen LogP contribution in [-0.2, 0) is 0 Å². The average molecular weight is 281 g/mol. The highest BCUT2D eigenvalue weighted by molar-refractivity contribution is 6.33. The van der Waals surface area contributed by atoms with Crippen LogP contribution in [0, 0.1) is 11.2 Å².